The zero-order valence-electron chi connectivity index (χ0n) is 26.5. The number of nitrogens with one attached hydrogen (secondary N) is 1. The fourth-order valence-corrected chi connectivity index (χ4v) is 6.37. The van der Waals surface area contributed by atoms with E-state index in [1.54, 1.807) is 19.1 Å². The summed E-state index contributed by atoms with van der Waals surface area (Å²) in [6.45, 7) is 4.82. The van der Waals surface area contributed by atoms with Gasteiger partial charge in [0.2, 0.25) is 11.8 Å². The summed E-state index contributed by atoms with van der Waals surface area (Å²) in [5.41, 5.74) is 0.813. The molecule has 2 amide bonds. The van der Waals surface area contributed by atoms with Crippen molar-refractivity contribution in [3.05, 3.63) is 70.7 Å². The second-order valence-electron chi connectivity index (χ2n) is 10.2. The van der Waals surface area contributed by atoms with Crippen molar-refractivity contribution in [3.8, 4) is 23.0 Å². The van der Waals surface area contributed by atoms with E-state index in [0.717, 1.165) is 14.3 Å². The van der Waals surface area contributed by atoms with E-state index in [0.29, 0.717) is 17.9 Å². The zero-order chi connectivity index (χ0) is 33.3. The van der Waals surface area contributed by atoms with Crippen LogP contribution in [0, 0.1) is 0 Å². The Morgan fingerprint density at radius 3 is 2.13 bits per heavy atom. The number of hydrogen-bond donors (Lipinski definition) is 1. The molecule has 0 radical (unpaired) electrons. The first-order valence-electron chi connectivity index (χ1n) is 14.2. The van der Waals surface area contributed by atoms with Crippen LogP contribution >= 0.6 is 15.9 Å². The first kappa shape index (κ1) is 35.5. The third kappa shape index (κ3) is 8.60. The number of carbonyl (C=O) groups is 2. The van der Waals surface area contributed by atoms with Crippen molar-refractivity contribution < 1.29 is 37.0 Å². The smallest absolute Gasteiger partial charge is 0.265 e. The molecule has 3 rings (SSSR count). The zero-order valence-corrected chi connectivity index (χ0v) is 28.9. The van der Waals surface area contributed by atoms with Crippen molar-refractivity contribution in [2.24, 2.45) is 0 Å². The molecular formula is C32H40BrN3O8S. The molecule has 3 aromatic rings. The first-order valence-corrected chi connectivity index (χ1v) is 16.4. The molecule has 0 aliphatic carbocycles. The van der Waals surface area contributed by atoms with E-state index in [-0.39, 0.29) is 40.6 Å². The van der Waals surface area contributed by atoms with Gasteiger partial charge in [0.15, 0.2) is 11.5 Å². The van der Waals surface area contributed by atoms with Gasteiger partial charge in [-0.25, -0.2) is 8.42 Å². The van der Waals surface area contributed by atoms with Gasteiger partial charge in [-0.05, 0) is 62.2 Å². The molecule has 0 saturated carbocycles. The molecule has 244 valence electrons. The molecule has 0 bridgehead atoms. The van der Waals surface area contributed by atoms with Crippen LogP contribution in [0.1, 0.15) is 32.8 Å². The lowest BCUT2D eigenvalue weighted by atomic mass is 10.1. The number of carbonyl (C=O) groups excluding carboxylic acids is 2. The largest absolute Gasteiger partial charge is 0.497 e. The minimum Gasteiger partial charge on any atom is -0.497 e. The Hall–Kier alpha value is -3.97. The van der Waals surface area contributed by atoms with Crippen LogP contribution in [0.25, 0.3) is 0 Å². The van der Waals surface area contributed by atoms with Gasteiger partial charge in [-0.3, -0.25) is 13.9 Å². The molecule has 0 saturated heterocycles. The number of anilines is 1. The van der Waals surface area contributed by atoms with Crippen LogP contribution in [0.5, 0.6) is 23.0 Å². The second kappa shape index (κ2) is 15.8. The van der Waals surface area contributed by atoms with E-state index in [4.69, 9.17) is 18.9 Å². The molecule has 13 heteroatoms. The van der Waals surface area contributed by atoms with E-state index in [2.05, 4.69) is 21.2 Å². The minimum atomic E-state index is -4.44. The molecule has 2 atom stereocenters. The first-order chi connectivity index (χ1) is 21.4. The Labute approximate surface area is 273 Å². The Bertz CT molecular complexity index is 1600. The summed E-state index contributed by atoms with van der Waals surface area (Å²) in [5, 5.41) is 2.92. The summed E-state index contributed by atoms with van der Waals surface area (Å²) in [7, 11) is 1.24. The third-order valence-electron chi connectivity index (χ3n) is 7.29. The van der Waals surface area contributed by atoms with Gasteiger partial charge in [-0.15, -0.1) is 0 Å². The molecule has 0 fully saturated rings. The van der Waals surface area contributed by atoms with Crippen LogP contribution < -0.4 is 28.6 Å². The predicted octanol–water partition coefficient (Wildman–Crippen LogP) is 5.01. The highest BCUT2D eigenvalue weighted by Gasteiger charge is 2.35. The van der Waals surface area contributed by atoms with Gasteiger partial charge in [0.1, 0.15) is 24.1 Å². The maximum Gasteiger partial charge on any atom is 0.265 e. The normalized spacial score (nSPS) is 12.4. The maximum absolute atomic E-state index is 14.4. The van der Waals surface area contributed by atoms with E-state index < -0.39 is 28.5 Å². The summed E-state index contributed by atoms with van der Waals surface area (Å²) >= 11 is 3.46. The van der Waals surface area contributed by atoms with Gasteiger partial charge in [-0.1, -0.05) is 35.0 Å². The molecule has 3 aromatic carbocycles. The molecule has 1 N–H and O–H groups in total. The summed E-state index contributed by atoms with van der Waals surface area (Å²) in [5.74, 6) is 0.0805. The topological polar surface area (TPSA) is 124 Å². The van der Waals surface area contributed by atoms with Crippen molar-refractivity contribution >= 4 is 43.5 Å². The van der Waals surface area contributed by atoms with Gasteiger partial charge >= 0.3 is 0 Å². The predicted molar refractivity (Wildman–Crippen MR) is 176 cm³/mol. The number of sulfonamides is 1. The quantitative estimate of drug-likeness (QED) is 0.234. The summed E-state index contributed by atoms with van der Waals surface area (Å²) in [6.07, 6.45) is 0.699. The molecule has 0 spiro atoms. The number of amides is 2. The highest BCUT2D eigenvalue weighted by atomic mass is 79.9. The van der Waals surface area contributed by atoms with Crippen LogP contribution in [0.2, 0.25) is 0 Å². The number of nitrogens with zero attached hydrogens (tertiary/aromatic N) is 2. The Morgan fingerprint density at radius 1 is 0.867 bits per heavy atom. The molecule has 0 aliphatic heterocycles. The molecule has 0 aliphatic rings. The number of hydrogen-bond acceptors (Lipinski definition) is 8. The number of halogens is 1. The standard InChI is InChI=1S/C32H40BrN3O8S/c1-8-21(2)34-32(38)22(3)35(19-23-10-9-11-24(33)16-23)31(37)20-36(27-17-25(41-4)12-14-28(27)42-5)45(39,40)26-13-15-29(43-6)30(18-26)44-7/h9-18,21-22H,8,19-20H2,1-7H3,(H,34,38)/t21-,22-/m1/s1. The molecule has 0 heterocycles. The number of methoxy groups -OCH3 is 4. The fourth-order valence-electron chi connectivity index (χ4n) is 4.49. The van der Waals surface area contributed by atoms with Gasteiger partial charge < -0.3 is 29.2 Å². The SMILES string of the molecule is CC[C@@H](C)NC(=O)[C@@H](C)N(Cc1cccc(Br)c1)C(=O)CN(c1cc(OC)ccc1OC)S(=O)(=O)c1ccc(OC)c(OC)c1. The van der Waals surface area contributed by atoms with E-state index in [1.165, 1.54) is 57.6 Å². The lowest BCUT2D eigenvalue weighted by Crippen LogP contribution is -2.52. The average Bonchev–Trinajstić information content (AvgIpc) is 3.04. The third-order valence-corrected chi connectivity index (χ3v) is 9.54. The van der Waals surface area contributed by atoms with Crippen LogP contribution in [-0.2, 0) is 26.2 Å². The van der Waals surface area contributed by atoms with Crippen molar-refractivity contribution in [3.63, 3.8) is 0 Å². The number of rotatable bonds is 15. The summed E-state index contributed by atoms with van der Waals surface area (Å²) in [6, 6.07) is 15.1. The van der Waals surface area contributed by atoms with Gasteiger partial charge in [-0.2, -0.15) is 0 Å². The second-order valence-corrected chi connectivity index (χ2v) is 13.0. The Kier molecular flexibility index (Phi) is 12.5. The molecule has 0 unspecified atom stereocenters. The van der Waals surface area contributed by atoms with E-state index in [9.17, 15) is 18.0 Å². The minimum absolute atomic E-state index is 0.0485. The molecule has 11 nitrogen and oxygen atoms in total. The monoisotopic (exact) mass is 705 g/mol. The highest BCUT2D eigenvalue weighted by Crippen LogP contribution is 2.38. The lowest BCUT2D eigenvalue weighted by molar-refractivity contribution is -0.139. The van der Waals surface area contributed by atoms with Crippen LogP contribution in [-0.4, -0.2) is 72.2 Å². The highest BCUT2D eigenvalue weighted by molar-refractivity contribution is 9.10. The number of benzene rings is 3. The lowest BCUT2D eigenvalue weighted by Gasteiger charge is -2.33. The average molecular weight is 707 g/mol. The van der Waals surface area contributed by atoms with Gasteiger partial charge in [0, 0.05) is 29.2 Å². The number of ether oxygens (including phenoxy) is 4. The van der Waals surface area contributed by atoms with Gasteiger partial charge in [0.25, 0.3) is 10.0 Å². The molecule has 0 aromatic heterocycles. The summed E-state index contributed by atoms with van der Waals surface area (Å²) in [4.78, 5) is 28.8. The van der Waals surface area contributed by atoms with E-state index >= 15 is 0 Å². The fraction of sp³-hybridized carbons (Fsp3) is 0.375. The van der Waals surface area contributed by atoms with Crippen LogP contribution in [0.3, 0.4) is 0 Å². The van der Waals surface area contributed by atoms with Crippen LogP contribution in [0.15, 0.2) is 70.0 Å². The van der Waals surface area contributed by atoms with Crippen LogP contribution in [0.4, 0.5) is 5.69 Å². The van der Waals surface area contributed by atoms with Crippen molar-refractivity contribution in [1.82, 2.24) is 10.2 Å². The van der Waals surface area contributed by atoms with E-state index in [1.807, 2.05) is 38.1 Å². The summed E-state index contributed by atoms with van der Waals surface area (Å²) < 4.78 is 52.1. The Morgan fingerprint density at radius 2 is 1.53 bits per heavy atom. The molecule has 45 heavy (non-hydrogen) atoms. The maximum atomic E-state index is 14.4. The van der Waals surface area contributed by atoms with Crippen molar-refractivity contribution in [1.29, 1.82) is 0 Å². The Balaban J connectivity index is 2.17. The van der Waals surface area contributed by atoms with Crippen molar-refractivity contribution in [2.75, 3.05) is 39.3 Å². The molecular weight excluding hydrogens is 666 g/mol. The van der Waals surface area contributed by atoms with Crippen molar-refractivity contribution in [2.45, 2.75) is 50.7 Å². The van der Waals surface area contributed by atoms with Gasteiger partial charge in [0.05, 0.1) is 39.0 Å².